The SMILES string of the molecule is CCc1ccc(C2CC(c3nc(C4CC4)no3)CN(C3COCCN3)C2)cc1. The molecule has 2 aliphatic heterocycles. The number of rotatable bonds is 5. The predicted molar refractivity (Wildman–Crippen MR) is 106 cm³/mol. The molecule has 3 unspecified atom stereocenters. The monoisotopic (exact) mass is 382 g/mol. The van der Waals surface area contributed by atoms with Gasteiger partial charge in [0.1, 0.15) is 0 Å². The van der Waals surface area contributed by atoms with Crippen molar-refractivity contribution in [1.29, 1.82) is 0 Å². The average molecular weight is 383 g/mol. The Morgan fingerprint density at radius 2 is 1.93 bits per heavy atom. The average Bonchev–Trinajstić information content (AvgIpc) is 3.50. The van der Waals surface area contributed by atoms with Crippen molar-refractivity contribution in [2.24, 2.45) is 0 Å². The van der Waals surface area contributed by atoms with Crippen molar-refractivity contribution in [2.45, 2.75) is 56.5 Å². The zero-order valence-corrected chi connectivity index (χ0v) is 16.6. The van der Waals surface area contributed by atoms with Crippen molar-refractivity contribution < 1.29 is 9.26 Å². The highest BCUT2D eigenvalue weighted by Gasteiger charge is 2.37. The lowest BCUT2D eigenvalue weighted by Gasteiger charge is -2.42. The summed E-state index contributed by atoms with van der Waals surface area (Å²) in [6.07, 6.45) is 4.80. The molecule has 1 aromatic carbocycles. The van der Waals surface area contributed by atoms with Gasteiger partial charge in [0.05, 0.1) is 25.3 Å². The van der Waals surface area contributed by atoms with Crippen molar-refractivity contribution in [3.05, 3.63) is 47.1 Å². The molecule has 150 valence electrons. The summed E-state index contributed by atoms with van der Waals surface area (Å²) in [4.78, 5) is 7.30. The first-order valence-corrected chi connectivity index (χ1v) is 10.8. The standard InChI is InChI=1S/C22H30N4O2/c1-2-15-3-5-16(6-4-15)18-11-19(22-24-21(25-28-22)17-7-8-17)13-26(12-18)20-14-27-10-9-23-20/h3-6,17-20,23H,2,7-14H2,1H3. The van der Waals surface area contributed by atoms with Gasteiger partial charge in [0.15, 0.2) is 5.82 Å². The van der Waals surface area contributed by atoms with Crippen LogP contribution in [0.25, 0.3) is 0 Å². The van der Waals surface area contributed by atoms with E-state index < -0.39 is 0 Å². The van der Waals surface area contributed by atoms with Gasteiger partial charge < -0.3 is 9.26 Å². The Balaban J connectivity index is 1.38. The number of nitrogens with zero attached hydrogens (tertiary/aromatic N) is 3. The summed E-state index contributed by atoms with van der Waals surface area (Å²) in [5.74, 6) is 2.99. The number of aromatic nitrogens is 2. The van der Waals surface area contributed by atoms with Gasteiger partial charge in [0.25, 0.3) is 0 Å². The van der Waals surface area contributed by atoms with Gasteiger partial charge in [-0.3, -0.25) is 10.2 Å². The molecule has 0 spiro atoms. The number of hydrogen-bond donors (Lipinski definition) is 1. The Morgan fingerprint density at radius 3 is 2.64 bits per heavy atom. The smallest absolute Gasteiger partial charge is 0.231 e. The third-order valence-corrected chi connectivity index (χ3v) is 6.43. The summed E-state index contributed by atoms with van der Waals surface area (Å²) in [5.41, 5.74) is 2.80. The third kappa shape index (κ3) is 3.86. The molecule has 1 saturated carbocycles. The molecule has 5 rings (SSSR count). The molecule has 6 nitrogen and oxygen atoms in total. The van der Waals surface area contributed by atoms with E-state index in [9.17, 15) is 0 Å². The van der Waals surface area contributed by atoms with Gasteiger partial charge in [-0.05, 0) is 42.7 Å². The van der Waals surface area contributed by atoms with E-state index in [-0.39, 0.29) is 12.1 Å². The second kappa shape index (κ2) is 7.93. The van der Waals surface area contributed by atoms with Crippen LogP contribution in [0, 0.1) is 0 Å². The summed E-state index contributed by atoms with van der Waals surface area (Å²) in [6, 6.07) is 9.14. The third-order valence-electron chi connectivity index (χ3n) is 6.43. The topological polar surface area (TPSA) is 63.4 Å². The molecule has 0 radical (unpaired) electrons. The molecule has 1 aliphatic carbocycles. The van der Waals surface area contributed by atoms with E-state index in [0.717, 1.165) is 57.4 Å². The Kier molecular flexibility index (Phi) is 5.18. The van der Waals surface area contributed by atoms with Crippen LogP contribution in [0.3, 0.4) is 0 Å². The largest absolute Gasteiger partial charge is 0.377 e. The number of morpholine rings is 1. The van der Waals surface area contributed by atoms with Crippen LogP contribution in [0.15, 0.2) is 28.8 Å². The summed E-state index contributed by atoms with van der Waals surface area (Å²) in [7, 11) is 0. The molecule has 6 heteroatoms. The van der Waals surface area contributed by atoms with Crippen LogP contribution in [0.4, 0.5) is 0 Å². The van der Waals surface area contributed by atoms with E-state index in [1.165, 1.54) is 24.0 Å². The highest BCUT2D eigenvalue weighted by atomic mass is 16.5. The lowest BCUT2D eigenvalue weighted by Crippen LogP contribution is -2.56. The number of nitrogens with one attached hydrogen (secondary N) is 1. The molecule has 28 heavy (non-hydrogen) atoms. The normalized spacial score (nSPS) is 29.1. The fourth-order valence-electron chi connectivity index (χ4n) is 4.54. The minimum absolute atomic E-state index is 0.264. The molecule has 2 aromatic rings. The lowest BCUT2D eigenvalue weighted by atomic mass is 9.83. The van der Waals surface area contributed by atoms with Gasteiger partial charge in [0.2, 0.25) is 5.89 Å². The zero-order valence-electron chi connectivity index (χ0n) is 16.6. The van der Waals surface area contributed by atoms with Crippen molar-refractivity contribution >= 4 is 0 Å². The maximum absolute atomic E-state index is 5.74. The molecule has 3 atom stereocenters. The fraction of sp³-hybridized carbons (Fsp3) is 0.636. The number of aryl methyl sites for hydroxylation is 1. The first-order valence-electron chi connectivity index (χ1n) is 10.8. The predicted octanol–water partition coefficient (Wildman–Crippen LogP) is 3.03. The molecule has 2 saturated heterocycles. The molecule has 3 heterocycles. The quantitative estimate of drug-likeness (QED) is 0.858. The number of likely N-dealkylation sites (tertiary alicyclic amines) is 1. The van der Waals surface area contributed by atoms with Crippen molar-refractivity contribution in [3.8, 4) is 0 Å². The summed E-state index contributed by atoms with van der Waals surface area (Å²) >= 11 is 0. The lowest BCUT2D eigenvalue weighted by molar-refractivity contribution is -0.00688. The van der Waals surface area contributed by atoms with E-state index in [4.69, 9.17) is 14.2 Å². The van der Waals surface area contributed by atoms with Crippen LogP contribution in [-0.2, 0) is 11.2 Å². The van der Waals surface area contributed by atoms with Gasteiger partial charge in [-0.15, -0.1) is 0 Å². The van der Waals surface area contributed by atoms with E-state index in [1.807, 2.05) is 0 Å². The van der Waals surface area contributed by atoms with Gasteiger partial charge in [-0.2, -0.15) is 4.98 Å². The minimum Gasteiger partial charge on any atom is -0.377 e. The molecule has 0 bridgehead atoms. The number of benzene rings is 1. The Hall–Kier alpha value is -1.76. The van der Waals surface area contributed by atoms with Gasteiger partial charge in [0, 0.05) is 25.6 Å². The number of piperidine rings is 1. The fourth-order valence-corrected chi connectivity index (χ4v) is 4.54. The molecule has 1 N–H and O–H groups in total. The van der Waals surface area contributed by atoms with Crippen LogP contribution in [-0.4, -0.2) is 54.1 Å². The van der Waals surface area contributed by atoms with E-state index in [1.54, 1.807) is 0 Å². The highest BCUT2D eigenvalue weighted by molar-refractivity contribution is 5.27. The summed E-state index contributed by atoms with van der Waals surface area (Å²) < 4.78 is 11.5. The van der Waals surface area contributed by atoms with Gasteiger partial charge in [-0.25, -0.2) is 0 Å². The Labute approximate surface area is 166 Å². The Morgan fingerprint density at radius 1 is 1.11 bits per heavy atom. The maximum Gasteiger partial charge on any atom is 0.231 e. The first-order chi connectivity index (χ1) is 13.8. The number of hydrogen-bond acceptors (Lipinski definition) is 6. The molecular formula is C22H30N4O2. The van der Waals surface area contributed by atoms with E-state index in [2.05, 4.69) is 46.6 Å². The second-order valence-electron chi connectivity index (χ2n) is 8.49. The molecule has 1 aromatic heterocycles. The van der Waals surface area contributed by atoms with Crippen LogP contribution in [0.2, 0.25) is 0 Å². The van der Waals surface area contributed by atoms with E-state index in [0.29, 0.717) is 11.8 Å². The van der Waals surface area contributed by atoms with Crippen LogP contribution in [0.1, 0.15) is 66.8 Å². The zero-order chi connectivity index (χ0) is 18.9. The van der Waals surface area contributed by atoms with Crippen LogP contribution >= 0.6 is 0 Å². The minimum atomic E-state index is 0.264. The maximum atomic E-state index is 5.74. The van der Waals surface area contributed by atoms with Gasteiger partial charge >= 0.3 is 0 Å². The summed E-state index contributed by atoms with van der Waals surface area (Å²) in [6.45, 7) is 6.63. The van der Waals surface area contributed by atoms with Crippen molar-refractivity contribution in [2.75, 3.05) is 32.8 Å². The highest BCUT2D eigenvalue weighted by Crippen LogP contribution is 2.40. The Bertz CT molecular complexity index is 780. The van der Waals surface area contributed by atoms with Crippen LogP contribution in [0.5, 0.6) is 0 Å². The van der Waals surface area contributed by atoms with Crippen LogP contribution < -0.4 is 5.32 Å². The second-order valence-corrected chi connectivity index (χ2v) is 8.49. The molecule has 0 amide bonds. The van der Waals surface area contributed by atoms with Crippen molar-refractivity contribution in [1.82, 2.24) is 20.4 Å². The molecule has 3 aliphatic rings. The molecular weight excluding hydrogens is 352 g/mol. The summed E-state index contributed by atoms with van der Waals surface area (Å²) in [5, 5.41) is 7.89. The van der Waals surface area contributed by atoms with Gasteiger partial charge in [-0.1, -0.05) is 36.3 Å². The van der Waals surface area contributed by atoms with E-state index >= 15 is 0 Å². The van der Waals surface area contributed by atoms with Crippen molar-refractivity contribution in [3.63, 3.8) is 0 Å². The first kappa shape index (κ1) is 18.3. The number of ether oxygens (including phenoxy) is 1. The molecule has 3 fully saturated rings.